The third-order valence-corrected chi connectivity index (χ3v) is 5.98. The Kier molecular flexibility index (Phi) is 6.28. The second kappa shape index (κ2) is 9.28. The summed E-state index contributed by atoms with van der Waals surface area (Å²) >= 11 is 1.26. The summed E-state index contributed by atoms with van der Waals surface area (Å²) in [5.74, 6) is -1.32. The van der Waals surface area contributed by atoms with Crippen molar-refractivity contribution in [2.24, 2.45) is 10.9 Å². The lowest BCUT2D eigenvalue weighted by atomic mass is 10.0. The number of rotatable bonds is 7. The summed E-state index contributed by atoms with van der Waals surface area (Å²) in [5, 5.41) is 2.21. The lowest BCUT2D eigenvalue weighted by Gasteiger charge is -2.07. The lowest BCUT2D eigenvalue weighted by molar-refractivity contribution is 0.0528. The number of thiophene rings is 1. The van der Waals surface area contributed by atoms with Crippen LogP contribution < -0.4 is 4.74 Å². The van der Waals surface area contributed by atoms with Crippen LogP contribution in [0.4, 0.5) is 5.00 Å². The van der Waals surface area contributed by atoms with E-state index in [9.17, 15) is 14.4 Å². The highest BCUT2D eigenvalue weighted by atomic mass is 32.1. The summed E-state index contributed by atoms with van der Waals surface area (Å²) in [6.07, 6.45) is 1.33. The molecule has 0 radical (unpaired) electrons. The number of hydrogen-bond donors (Lipinski definition) is 0. The predicted octanol–water partition coefficient (Wildman–Crippen LogP) is 5.39. The van der Waals surface area contributed by atoms with Gasteiger partial charge < -0.3 is 9.47 Å². The van der Waals surface area contributed by atoms with Crippen molar-refractivity contribution in [3.8, 4) is 16.9 Å². The topological polar surface area (TPSA) is 82.0 Å². The SMILES string of the molecule is CCOC(=O)c1c(-c2ccc(OCC)cc2)csc1N=CC1C(=O)c2ccccc2C1=O. The number of nitrogens with zero attached hydrogens (tertiary/aromatic N) is 1. The average molecular weight is 448 g/mol. The first kappa shape index (κ1) is 21.6. The van der Waals surface area contributed by atoms with Crippen LogP contribution in [0.3, 0.4) is 0 Å². The number of carbonyl (C=O) groups excluding carboxylic acids is 3. The molecule has 0 N–H and O–H groups in total. The van der Waals surface area contributed by atoms with Gasteiger partial charge in [-0.05, 0) is 31.5 Å². The number of Topliss-reactive ketones (excluding diaryl/α,β-unsaturated/α-hetero) is 2. The summed E-state index contributed by atoms with van der Waals surface area (Å²) < 4.78 is 10.7. The molecule has 7 heteroatoms. The largest absolute Gasteiger partial charge is 0.494 e. The van der Waals surface area contributed by atoms with Crippen molar-refractivity contribution in [2.45, 2.75) is 13.8 Å². The number of esters is 1. The van der Waals surface area contributed by atoms with Crippen molar-refractivity contribution in [2.75, 3.05) is 13.2 Å². The fourth-order valence-corrected chi connectivity index (χ4v) is 4.51. The van der Waals surface area contributed by atoms with Gasteiger partial charge in [-0.25, -0.2) is 9.79 Å². The van der Waals surface area contributed by atoms with Crippen molar-refractivity contribution in [1.29, 1.82) is 0 Å². The fourth-order valence-electron chi connectivity index (χ4n) is 3.60. The van der Waals surface area contributed by atoms with E-state index in [0.717, 1.165) is 11.3 Å². The quantitative estimate of drug-likeness (QED) is 0.276. The van der Waals surface area contributed by atoms with Crippen LogP contribution in [-0.4, -0.2) is 37.0 Å². The number of ether oxygens (including phenoxy) is 2. The minimum absolute atomic E-state index is 0.218. The van der Waals surface area contributed by atoms with Crippen LogP contribution in [0.1, 0.15) is 44.9 Å². The minimum Gasteiger partial charge on any atom is -0.494 e. The molecule has 1 aliphatic carbocycles. The van der Waals surface area contributed by atoms with Crippen molar-refractivity contribution in [3.05, 3.63) is 70.6 Å². The third-order valence-electron chi connectivity index (χ3n) is 5.09. The van der Waals surface area contributed by atoms with Crippen molar-refractivity contribution in [1.82, 2.24) is 0 Å². The van der Waals surface area contributed by atoms with E-state index in [4.69, 9.17) is 9.47 Å². The first-order valence-corrected chi connectivity index (χ1v) is 11.2. The van der Waals surface area contributed by atoms with Gasteiger partial charge in [0.25, 0.3) is 0 Å². The maximum absolute atomic E-state index is 12.7. The third kappa shape index (κ3) is 3.99. The van der Waals surface area contributed by atoms with Crippen LogP contribution in [0, 0.1) is 5.92 Å². The second-order valence-corrected chi connectivity index (χ2v) is 7.90. The van der Waals surface area contributed by atoms with Gasteiger partial charge in [-0.15, -0.1) is 11.3 Å². The molecule has 0 unspecified atom stereocenters. The molecule has 162 valence electrons. The lowest BCUT2D eigenvalue weighted by Crippen LogP contribution is -2.16. The molecule has 0 saturated heterocycles. The van der Waals surface area contributed by atoms with Gasteiger partial charge in [0, 0.05) is 28.3 Å². The smallest absolute Gasteiger partial charge is 0.341 e. The summed E-state index contributed by atoms with van der Waals surface area (Å²) in [5.41, 5.74) is 2.61. The number of fused-ring (bicyclic) bond motifs is 1. The van der Waals surface area contributed by atoms with Crippen molar-refractivity contribution >= 4 is 40.1 Å². The molecule has 2 aromatic carbocycles. The van der Waals surface area contributed by atoms with Gasteiger partial charge in [-0.2, -0.15) is 0 Å². The van der Waals surface area contributed by atoms with E-state index in [1.165, 1.54) is 17.6 Å². The van der Waals surface area contributed by atoms with Gasteiger partial charge in [0.15, 0.2) is 11.6 Å². The minimum atomic E-state index is -0.988. The highest BCUT2D eigenvalue weighted by Gasteiger charge is 2.37. The number of carbonyl (C=O) groups is 3. The predicted molar refractivity (Wildman–Crippen MR) is 124 cm³/mol. The van der Waals surface area contributed by atoms with Crippen LogP contribution >= 0.6 is 11.3 Å². The van der Waals surface area contributed by atoms with Gasteiger partial charge in [0.1, 0.15) is 22.2 Å². The van der Waals surface area contributed by atoms with Gasteiger partial charge in [0.05, 0.1) is 13.2 Å². The first-order chi connectivity index (χ1) is 15.5. The Labute approximate surface area is 189 Å². The molecule has 0 saturated carbocycles. The van der Waals surface area contributed by atoms with Crippen LogP contribution in [0.25, 0.3) is 11.1 Å². The average Bonchev–Trinajstić information content (AvgIpc) is 3.33. The highest BCUT2D eigenvalue weighted by Crippen LogP contribution is 2.39. The molecule has 32 heavy (non-hydrogen) atoms. The van der Waals surface area contributed by atoms with Crippen LogP contribution in [-0.2, 0) is 4.74 Å². The molecule has 0 fully saturated rings. The molecular weight excluding hydrogens is 426 g/mol. The first-order valence-electron chi connectivity index (χ1n) is 10.3. The van der Waals surface area contributed by atoms with E-state index in [1.54, 1.807) is 31.2 Å². The second-order valence-electron chi connectivity index (χ2n) is 7.04. The molecule has 0 atom stereocenters. The van der Waals surface area contributed by atoms with Crippen LogP contribution in [0.5, 0.6) is 5.75 Å². The normalized spacial score (nSPS) is 13.6. The van der Waals surface area contributed by atoms with E-state index in [2.05, 4.69) is 4.99 Å². The van der Waals surface area contributed by atoms with E-state index >= 15 is 0 Å². The molecule has 1 aromatic heterocycles. The Balaban J connectivity index is 1.68. The summed E-state index contributed by atoms with van der Waals surface area (Å²) in [4.78, 5) is 42.4. The Morgan fingerprint density at radius 3 is 2.22 bits per heavy atom. The molecule has 4 rings (SSSR count). The Hall–Kier alpha value is -3.58. The van der Waals surface area contributed by atoms with Crippen molar-refractivity contribution in [3.63, 3.8) is 0 Å². The van der Waals surface area contributed by atoms with E-state index < -0.39 is 11.9 Å². The van der Waals surface area contributed by atoms with Gasteiger partial charge in [0.2, 0.25) is 0 Å². The van der Waals surface area contributed by atoms with Gasteiger partial charge in [-0.3, -0.25) is 9.59 Å². The van der Waals surface area contributed by atoms with Crippen LogP contribution in [0.15, 0.2) is 58.9 Å². The molecule has 0 aliphatic heterocycles. The zero-order chi connectivity index (χ0) is 22.7. The van der Waals surface area contributed by atoms with Gasteiger partial charge >= 0.3 is 5.97 Å². The molecule has 1 aliphatic rings. The van der Waals surface area contributed by atoms with Gasteiger partial charge in [-0.1, -0.05) is 36.4 Å². The highest BCUT2D eigenvalue weighted by molar-refractivity contribution is 7.14. The molecular formula is C25H21NO5S. The number of hydrogen-bond acceptors (Lipinski definition) is 7. The maximum Gasteiger partial charge on any atom is 0.341 e. The number of ketones is 2. The molecule has 0 amide bonds. The zero-order valence-corrected chi connectivity index (χ0v) is 18.5. The zero-order valence-electron chi connectivity index (χ0n) is 17.7. The number of aliphatic imine (C=N–C) groups is 1. The van der Waals surface area contributed by atoms with E-state index in [0.29, 0.717) is 33.9 Å². The fraction of sp³-hybridized carbons (Fsp3) is 0.200. The summed E-state index contributed by atoms with van der Waals surface area (Å²) in [6.45, 7) is 4.42. The maximum atomic E-state index is 12.7. The summed E-state index contributed by atoms with van der Waals surface area (Å²) in [7, 11) is 0. The van der Waals surface area contributed by atoms with E-state index in [1.807, 2.05) is 36.6 Å². The van der Waals surface area contributed by atoms with E-state index in [-0.39, 0.29) is 18.2 Å². The molecule has 3 aromatic rings. The molecule has 1 heterocycles. The molecule has 0 bridgehead atoms. The molecule has 0 spiro atoms. The summed E-state index contributed by atoms with van der Waals surface area (Å²) in [6, 6.07) is 14.1. The Morgan fingerprint density at radius 1 is 0.969 bits per heavy atom. The van der Waals surface area contributed by atoms with Crippen molar-refractivity contribution < 1.29 is 23.9 Å². The Bertz CT molecular complexity index is 1170. The monoisotopic (exact) mass is 447 g/mol. The standard InChI is InChI=1S/C25H21NO5S/c1-3-30-16-11-9-15(10-12-16)20-14-32-24(21(20)25(29)31-4-2)26-13-19-22(27)17-7-5-6-8-18(17)23(19)28/h5-14,19H,3-4H2,1-2H3. The molecule has 6 nitrogen and oxygen atoms in total. The number of benzene rings is 2. The van der Waals surface area contributed by atoms with Crippen LogP contribution in [0.2, 0.25) is 0 Å². The Morgan fingerprint density at radius 2 is 1.62 bits per heavy atom.